The number of benzene rings is 4. The highest BCUT2D eigenvalue weighted by Gasteiger charge is 2.17. The van der Waals surface area contributed by atoms with Crippen LogP contribution in [0.3, 0.4) is 0 Å². The zero-order valence-electron chi connectivity index (χ0n) is 29.6. The smallest absolute Gasteiger partial charge is 0.262 e. The van der Waals surface area contributed by atoms with Crippen molar-refractivity contribution in [2.24, 2.45) is 0 Å². The molecular weight excluding hydrogens is 797 g/mol. The molecular formula is C36H26N10O10S2-2. The molecule has 0 atom stereocenters. The summed E-state index contributed by atoms with van der Waals surface area (Å²) < 4.78 is 51.5. The van der Waals surface area contributed by atoms with E-state index in [1.165, 1.54) is 45.5 Å². The Balaban J connectivity index is 0.00000252. The zero-order chi connectivity index (χ0) is 40.8. The summed E-state index contributed by atoms with van der Waals surface area (Å²) in [6.07, 6.45) is 3.40. The van der Waals surface area contributed by atoms with E-state index in [0.29, 0.717) is 63.2 Å². The van der Waals surface area contributed by atoms with Gasteiger partial charge in [0.15, 0.2) is 18.3 Å². The average molecular weight is 823 g/mol. The van der Waals surface area contributed by atoms with Crippen LogP contribution in [-0.4, -0.2) is 66.3 Å². The fourth-order valence-electron chi connectivity index (χ4n) is 6.12. The van der Waals surface area contributed by atoms with Crippen LogP contribution < -0.4 is 25.4 Å². The Morgan fingerprint density at radius 2 is 1.05 bits per heavy atom. The van der Waals surface area contributed by atoms with E-state index in [1.54, 1.807) is 82.4 Å². The standard InChI is InChI=1S/C36H28N10O9S.OS/c47-35-29-5-1-3-7-31(29)37-33(23-9-13-27(14-10-23)53-55-49)45(35)21-25-19-43(41-39-25)17-18-44-20-26(40-42-44)22-46-34(38-32-8-4-2-6-30(32)36(46)48)24-11-15-28(16-12-24)54-56(50,51)52;1-2/h1-16,19-20,49H,17-18,21-22H2,(H,50,51,52);/p-2. The van der Waals surface area contributed by atoms with Crippen molar-refractivity contribution in [1.82, 2.24) is 49.1 Å². The minimum atomic E-state index is -4.97. The molecule has 8 aromatic rings. The topological polar surface area (TPSA) is 256 Å². The van der Waals surface area contributed by atoms with Gasteiger partial charge in [-0.2, -0.15) is 4.21 Å². The van der Waals surface area contributed by atoms with Gasteiger partial charge < -0.3 is 18.9 Å². The lowest BCUT2D eigenvalue weighted by atomic mass is 10.1. The molecule has 20 nitrogen and oxygen atoms in total. The molecule has 0 fully saturated rings. The second-order valence-corrected chi connectivity index (χ2v) is 13.3. The van der Waals surface area contributed by atoms with Gasteiger partial charge in [-0.1, -0.05) is 34.7 Å². The Morgan fingerprint density at radius 3 is 1.48 bits per heavy atom. The maximum atomic E-state index is 13.7. The first-order valence-electron chi connectivity index (χ1n) is 16.9. The van der Waals surface area contributed by atoms with Crippen molar-refractivity contribution in [3.63, 3.8) is 0 Å². The van der Waals surface area contributed by atoms with Crippen LogP contribution in [0.4, 0.5) is 0 Å². The van der Waals surface area contributed by atoms with Crippen molar-refractivity contribution in [3.8, 4) is 34.3 Å². The molecule has 0 N–H and O–H groups in total. The lowest BCUT2D eigenvalue weighted by Crippen LogP contribution is -2.24. The molecule has 4 heterocycles. The molecule has 294 valence electrons. The number of hydrogen-bond donors (Lipinski definition) is 0. The Hall–Kier alpha value is -7.11. The predicted molar refractivity (Wildman–Crippen MR) is 201 cm³/mol. The molecule has 0 aliphatic carbocycles. The van der Waals surface area contributed by atoms with Crippen LogP contribution in [0, 0.1) is 0 Å². The second-order valence-electron chi connectivity index (χ2n) is 12.3. The molecule has 58 heavy (non-hydrogen) atoms. The molecule has 4 aromatic heterocycles. The van der Waals surface area contributed by atoms with E-state index in [4.69, 9.17) is 14.2 Å². The van der Waals surface area contributed by atoms with Crippen molar-refractivity contribution in [2.75, 3.05) is 0 Å². The number of fused-ring (bicyclic) bond motifs is 2. The van der Waals surface area contributed by atoms with Crippen molar-refractivity contribution < 1.29 is 36.5 Å². The van der Waals surface area contributed by atoms with Crippen LogP contribution in [0.5, 0.6) is 11.5 Å². The summed E-state index contributed by atoms with van der Waals surface area (Å²) in [6.45, 7) is 0.742. The summed E-state index contributed by atoms with van der Waals surface area (Å²) in [5.41, 5.74) is 2.37. The lowest BCUT2D eigenvalue weighted by Gasteiger charge is -2.14. The Labute approximate surface area is 331 Å². The molecule has 0 spiro atoms. The van der Waals surface area contributed by atoms with Gasteiger partial charge in [-0.05, 0) is 72.8 Å². The fraction of sp³-hybridized carbons (Fsp3) is 0.111. The van der Waals surface area contributed by atoms with E-state index in [9.17, 15) is 27.8 Å². The third kappa shape index (κ3) is 8.64. The van der Waals surface area contributed by atoms with Crippen LogP contribution in [0.1, 0.15) is 11.4 Å². The predicted octanol–water partition coefficient (Wildman–Crippen LogP) is 1.51. The molecule has 0 unspecified atom stereocenters. The molecule has 0 bridgehead atoms. The largest absolute Gasteiger partial charge is 0.716 e. The van der Waals surface area contributed by atoms with Crippen molar-refractivity contribution in [2.45, 2.75) is 26.2 Å². The van der Waals surface area contributed by atoms with Gasteiger partial charge in [0.2, 0.25) is 0 Å². The first kappa shape index (κ1) is 39.1. The first-order valence-corrected chi connectivity index (χ1v) is 18.5. The highest BCUT2D eigenvalue weighted by atomic mass is 32.3. The summed E-state index contributed by atoms with van der Waals surface area (Å²) in [5.74, 6) is 0.649. The number of rotatable bonds is 13. The van der Waals surface area contributed by atoms with Crippen LogP contribution in [-0.2, 0) is 54.1 Å². The molecule has 0 aliphatic rings. The summed E-state index contributed by atoms with van der Waals surface area (Å²) in [7, 11) is -4.97. The lowest BCUT2D eigenvalue weighted by molar-refractivity contribution is -0.778. The Kier molecular flexibility index (Phi) is 11.4. The summed E-state index contributed by atoms with van der Waals surface area (Å²) in [6, 6.07) is 25.8. The number of aromatic nitrogens is 10. The van der Waals surface area contributed by atoms with E-state index in [0.717, 1.165) is 0 Å². The highest BCUT2D eigenvalue weighted by molar-refractivity contribution is 7.81. The van der Waals surface area contributed by atoms with Crippen molar-refractivity contribution in [3.05, 3.63) is 142 Å². The minimum Gasteiger partial charge on any atom is -0.716 e. The number of aryl methyl sites for hydroxylation is 2. The van der Waals surface area contributed by atoms with Gasteiger partial charge in [0.1, 0.15) is 28.8 Å². The van der Waals surface area contributed by atoms with E-state index >= 15 is 0 Å². The fourth-order valence-corrected chi connectivity index (χ4v) is 6.46. The Bertz CT molecular complexity index is 2970. The third-order valence-electron chi connectivity index (χ3n) is 8.65. The molecule has 0 aliphatic heterocycles. The summed E-state index contributed by atoms with van der Waals surface area (Å²) in [4.78, 5) is 41.4. The minimum absolute atomic E-state index is 0.00567. The molecule has 0 amide bonds. The van der Waals surface area contributed by atoms with E-state index < -0.39 is 10.4 Å². The summed E-state index contributed by atoms with van der Waals surface area (Å²) >= 11 is 2.83. The number of nitrogens with zero attached hydrogens (tertiary/aromatic N) is 10. The third-order valence-corrected chi connectivity index (χ3v) is 9.04. The van der Waals surface area contributed by atoms with E-state index in [1.807, 2.05) is 0 Å². The maximum absolute atomic E-state index is 13.7. The van der Waals surface area contributed by atoms with Crippen molar-refractivity contribution >= 4 is 44.7 Å². The number of para-hydroxylation sites is 2. The van der Waals surface area contributed by atoms with E-state index in [-0.39, 0.29) is 41.5 Å². The molecule has 0 saturated heterocycles. The van der Waals surface area contributed by atoms with Crippen LogP contribution in [0.2, 0.25) is 0 Å². The molecule has 0 saturated carbocycles. The van der Waals surface area contributed by atoms with Gasteiger partial charge in [-0.3, -0.25) is 28.1 Å². The second kappa shape index (κ2) is 16.9. The van der Waals surface area contributed by atoms with Gasteiger partial charge in [-0.25, -0.2) is 23.4 Å². The van der Waals surface area contributed by atoms with Gasteiger partial charge >= 0.3 is 0 Å². The van der Waals surface area contributed by atoms with E-state index in [2.05, 4.69) is 47.3 Å². The van der Waals surface area contributed by atoms with Crippen LogP contribution >= 0.6 is 0 Å². The van der Waals surface area contributed by atoms with Gasteiger partial charge in [0, 0.05) is 11.1 Å². The molecule has 22 heteroatoms. The quantitative estimate of drug-likeness (QED) is 0.0691. The molecule has 8 rings (SSSR count). The highest BCUT2D eigenvalue weighted by Crippen LogP contribution is 2.25. The molecule has 0 radical (unpaired) electrons. The number of hydrogen-bond acceptors (Lipinski definition) is 17. The van der Waals surface area contributed by atoms with Crippen LogP contribution in [0.25, 0.3) is 44.6 Å². The van der Waals surface area contributed by atoms with Crippen LogP contribution in [0.15, 0.2) is 119 Å². The Morgan fingerprint density at radius 1 is 0.621 bits per heavy atom. The van der Waals surface area contributed by atoms with Gasteiger partial charge in [-0.15, -0.1) is 10.2 Å². The SMILES string of the molecule is O=S.O=c1c2ccccc2nc(-c2ccc(OO[O-])cc2)n1Cc1cn(CCn2cc(Cn3c(-c4ccc(OS(=O)(=O)[O-])cc4)nc4ccccc4c3=O)nn2)nn1. The average Bonchev–Trinajstić information content (AvgIpc) is 3.89. The first-order chi connectivity index (χ1) is 28.1. The monoisotopic (exact) mass is 822 g/mol. The van der Waals surface area contributed by atoms with Gasteiger partial charge in [0.25, 0.3) is 21.5 Å². The van der Waals surface area contributed by atoms with Gasteiger partial charge in [0.05, 0.1) is 60.4 Å². The zero-order valence-corrected chi connectivity index (χ0v) is 31.2. The molecule has 4 aromatic carbocycles. The van der Waals surface area contributed by atoms with Crippen molar-refractivity contribution in [1.29, 1.82) is 0 Å². The summed E-state index contributed by atoms with van der Waals surface area (Å²) in [5, 5.41) is 31.7. The normalized spacial score (nSPS) is 11.3. The maximum Gasteiger partial charge on any atom is 0.262 e.